The highest BCUT2D eigenvalue weighted by atomic mass is 19.1. The van der Waals surface area contributed by atoms with Gasteiger partial charge in [-0.2, -0.15) is 0 Å². The van der Waals surface area contributed by atoms with E-state index < -0.39 is 10.7 Å². The number of hydrogen-bond donors (Lipinski definition) is 0. The van der Waals surface area contributed by atoms with Crippen molar-refractivity contribution in [3.05, 3.63) is 33.6 Å². The number of nitrogens with zero attached hydrogens (tertiary/aromatic N) is 1. The van der Waals surface area contributed by atoms with Gasteiger partial charge in [-0.05, 0) is 18.9 Å². The monoisotopic (exact) mass is 197 g/mol. The molecular weight excluding hydrogens is 189 g/mol. The second-order valence-electron chi connectivity index (χ2n) is 3.12. The minimum absolute atomic E-state index is 0.225. The van der Waals surface area contributed by atoms with E-state index in [1.165, 1.54) is 6.07 Å². The molecule has 14 heavy (non-hydrogen) atoms. The fraction of sp³-hybridized carbons (Fsp3) is 0.333. The molecule has 0 aromatic heterocycles. The Bertz CT molecular complexity index is 392. The molecule has 0 radical (unpaired) electrons. The molecule has 4 nitrogen and oxygen atoms in total. The maximum atomic E-state index is 13.0. The smallest absolute Gasteiger partial charge is 0.314 e. The maximum absolute atomic E-state index is 13.0. The van der Waals surface area contributed by atoms with E-state index in [1.807, 2.05) is 0 Å². The van der Waals surface area contributed by atoms with Gasteiger partial charge in [-0.3, -0.25) is 10.1 Å². The van der Waals surface area contributed by atoms with Gasteiger partial charge in [-0.25, -0.2) is 4.39 Å². The zero-order chi connectivity index (χ0) is 10.1. The average Bonchev–Trinajstić information content (AvgIpc) is 2.16. The SMILES string of the molecule is O=[N+]([O-])c1cc(F)cc2c1OCCC2. The third kappa shape index (κ3) is 1.41. The van der Waals surface area contributed by atoms with Gasteiger partial charge in [0, 0.05) is 5.56 Å². The molecule has 0 N–H and O–H groups in total. The van der Waals surface area contributed by atoms with Crippen LogP contribution in [0.5, 0.6) is 5.75 Å². The fourth-order valence-electron chi connectivity index (χ4n) is 1.56. The summed E-state index contributed by atoms with van der Waals surface area (Å²) >= 11 is 0. The number of halogens is 1. The Morgan fingerprint density at radius 1 is 1.50 bits per heavy atom. The summed E-state index contributed by atoms with van der Waals surface area (Å²) in [7, 11) is 0. The Morgan fingerprint density at radius 2 is 2.29 bits per heavy atom. The quantitative estimate of drug-likeness (QED) is 0.511. The topological polar surface area (TPSA) is 52.4 Å². The Labute approximate surface area is 79.5 Å². The van der Waals surface area contributed by atoms with Crippen LogP contribution in [0.1, 0.15) is 12.0 Å². The van der Waals surface area contributed by atoms with Crippen molar-refractivity contribution in [3.8, 4) is 5.75 Å². The largest absolute Gasteiger partial charge is 0.487 e. The van der Waals surface area contributed by atoms with Crippen molar-refractivity contribution in [2.75, 3.05) is 6.61 Å². The van der Waals surface area contributed by atoms with Crippen LogP contribution in [0.15, 0.2) is 12.1 Å². The molecule has 0 atom stereocenters. The third-order valence-electron chi connectivity index (χ3n) is 2.14. The van der Waals surface area contributed by atoms with Crippen LogP contribution in [0.3, 0.4) is 0 Å². The lowest BCUT2D eigenvalue weighted by Gasteiger charge is -2.16. The molecule has 0 bridgehead atoms. The van der Waals surface area contributed by atoms with Crippen molar-refractivity contribution in [2.24, 2.45) is 0 Å². The number of fused-ring (bicyclic) bond motifs is 1. The Balaban J connectivity index is 2.58. The summed E-state index contributed by atoms with van der Waals surface area (Å²) in [6.45, 7) is 0.458. The van der Waals surface area contributed by atoms with E-state index in [-0.39, 0.29) is 11.4 Å². The van der Waals surface area contributed by atoms with Crippen LogP contribution in [0.25, 0.3) is 0 Å². The first-order chi connectivity index (χ1) is 6.68. The van der Waals surface area contributed by atoms with Crippen molar-refractivity contribution in [1.82, 2.24) is 0 Å². The summed E-state index contributed by atoms with van der Waals surface area (Å²) in [5.74, 6) is -0.358. The number of rotatable bonds is 1. The van der Waals surface area contributed by atoms with E-state index in [4.69, 9.17) is 4.74 Å². The van der Waals surface area contributed by atoms with Crippen LogP contribution < -0.4 is 4.74 Å². The third-order valence-corrected chi connectivity index (χ3v) is 2.14. The lowest BCUT2D eigenvalue weighted by Crippen LogP contribution is -2.10. The van der Waals surface area contributed by atoms with E-state index in [1.54, 1.807) is 0 Å². The van der Waals surface area contributed by atoms with Gasteiger partial charge in [0.2, 0.25) is 5.75 Å². The number of benzene rings is 1. The highest BCUT2D eigenvalue weighted by Gasteiger charge is 2.23. The molecule has 1 aromatic carbocycles. The lowest BCUT2D eigenvalue weighted by molar-refractivity contribution is -0.386. The van der Waals surface area contributed by atoms with Crippen LogP contribution in [0.4, 0.5) is 10.1 Å². The van der Waals surface area contributed by atoms with E-state index in [2.05, 4.69) is 0 Å². The molecule has 1 aliphatic rings. The molecule has 0 fully saturated rings. The first kappa shape index (κ1) is 8.93. The summed E-state index contributed by atoms with van der Waals surface area (Å²) in [5, 5.41) is 10.6. The fourth-order valence-corrected chi connectivity index (χ4v) is 1.56. The molecule has 0 saturated carbocycles. The molecule has 1 aromatic rings. The molecule has 74 valence electrons. The highest BCUT2D eigenvalue weighted by Crippen LogP contribution is 2.35. The van der Waals surface area contributed by atoms with Crippen molar-refractivity contribution >= 4 is 5.69 Å². The molecule has 1 aliphatic heterocycles. The van der Waals surface area contributed by atoms with E-state index in [9.17, 15) is 14.5 Å². The Morgan fingerprint density at radius 3 is 3.00 bits per heavy atom. The first-order valence-corrected chi connectivity index (χ1v) is 4.28. The standard InChI is InChI=1S/C9H8FNO3/c10-7-4-6-2-1-3-14-9(6)8(5-7)11(12)13/h4-5H,1-3H2. The Kier molecular flexibility index (Phi) is 2.07. The molecular formula is C9H8FNO3. The van der Waals surface area contributed by atoms with Crippen LogP contribution in [0, 0.1) is 15.9 Å². The van der Waals surface area contributed by atoms with Gasteiger partial charge in [0.25, 0.3) is 0 Å². The minimum atomic E-state index is -0.618. The zero-order valence-corrected chi connectivity index (χ0v) is 7.33. The van der Waals surface area contributed by atoms with E-state index in [0.29, 0.717) is 18.6 Å². The second-order valence-corrected chi connectivity index (χ2v) is 3.12. The summed E-state index contributed by atoms with van der Waals surface area (Å²) in [6, 6.07) is 2.19. The van der Waals surface area contributed by atoms with Crippen LogP contribution in [-0.4, -0.2) is 11.5 Å². The van der Waals surface area contributed by atoms with Crippen molar-refractivity contribution in [3.63, 3.8) is 0 Å². The molecule has 2 rings (SSSR count). The van der Waals surface area contributed by atoms with Crippen LogP contribution in [-0.2, 0) is 6.42 Å². The first-order valence-electron chi connectivity index (χ1n) is 4.28. The average molecular weight is 197 g/mol. The summed E-state index contributed by atoms with van der Waals surface area (Å²) in [5.41, 5.74) is 0.308. The highest BCUT2D eigenvalue weighted by molar-refractivity contribution is 5.52. The number of nitro benzene ring substituents is 1. The van der Waals surface area contributed by atoms with Crippen molar-refractivity contribution in [1.29, 1.82) is 0 Å². The van der Waals surface area contributed by atoms with Crippen LogP contribution in [0.2, 0.25) is 0 Å². The van der Waals surface area contributed by atoms with Gasteiger partial charge in [-0.15, -0.1) is 0 Å². The molecule has 0 amide bonds. The van der Waals surface area contributed by atoms with Crippen LogP contribution >= 0.6 is 0 Å². The number of hydrogen-bond acceptors (Lipinski definition) is 3. The maximum Gasteiger partial charge on any atom is 0.314 e. The molecule has 0 aliphatic carbocycles. The predicted molar refractivity (Wildman–Crippen MR) is 46.9 cm³/mol. The molecule has 5 heteroatoms. The predicted octanol–water partition coefficient (Wildman–Crippen LogP) is 2.06. The normalized spacial score (nSPS) is 14.4. The number of aryl methyl sites for hydroxylation is 1. The van der Waals surface area contributed by atoms with Gasteiger partial charge in [-0.1, -0.05) is 0 Å². The minimum Gasteiger partial charge on any atom is -0.487 e. The van der Waals surface area contributed by atoms with Crippen molar-refractivity contribution in [2.45, 2.75) is 12.8 Å². The number of nitro groups is 1. The zero-order valence-electron chi connectivity index (χ0n) is 7.33. The Hall–Kier alpha value is -1.65. The second kappa shape index (κ2) is 3.25. The summed E-state index contributed by atoms with van der Waals surface area (Å²) in [4.78, 5) is 9.97. The molecule has 0 saturated heterocycles. The number of ether oxygens (including phenoxy) is 1. The van der Waals surface area contributed by atoms with Crippen molar-refractivity contribution < 1.29 is 14.1 Å². The van der Waals surface area contributed by atoms with Gasteiger partial charge < -0.3 is 4.74 Å². The molecule has 1 heterocycles. The van der Waals surface area contributed by atoms with E-state index >= 15 is 0 Å². The summed E-state index contributed by atoms with van der Waals surface area (Å²) in [6.07, 6.45) is 1.40. The van der Waals surface area contributed by atoms with Gasteiger partial charge in [0.05, 0.1) is 17.6 Å². The molecule has 0 spiro atoms. The van der Waals surface area contributed by atoms with Gasteiger partial charge >= 0.3 is 5.69 Å². The van der Waals surface area contributed by atoms with Gasteiger partial charge in [0.15, 0.2) is 0 Å². The van der Waals surface area contributed by atoms with E-state index in [0.717, 1.165) is 12.5 Å². The van der Waals surface area contributed by atoms with Gasteiger partial charge in [0.1, 0.15) is 5.82 Å². The summed E-state index contributed by atoms with van der Waals surface area (Å²) < 4.78 is 18.1. The lowest BCUT2D eigenvalue weighted by atomic mass is 10.1. The molecule has 0 unspecified atom stereocenters.